The zero-order valence-electron chi connectivity index (χ0n) is 21.9. The summed E-state index contributed by atoms with van der Waals surface area (Å²) in [5.74, 6) is -0.113. The second kappa shape index (κ2) is 10.5. The second-order valence-corrected chi connectivity index (χ2v) is 10.5. The van der Waals surface area contributed by atoms with Crippen molar-refractivity contribution in [1.82, 2.24) is 4.98 Å². The molecular formula is C31H26N2O6S. The third-order valence-corrected chi connectivity index (χ3v) is 7.75. The molecule has 0 bridgehead atoms. The third kappa shape index (κ3) is 4.58. The molecule has 0 unspecified atom stereocenters. The van der Waals surface area contributed by atoms with Crippen LogP contribution < -0.4 is 19.1 Å². The van der Waals surface area contributed by atoms with Gasteiger partial charge < -0.3 is 19.3 Å². The van der Waals surface area contributed by atoms with E-state index in [1.165, 1.54) is 23.3 Å². The first kappa shape index (κ1) is 25.6. The number of ketones is 1. The van der Waals surface area contributed by atoms with Gasteiger partial charge in [0, 0.05) is 23.6 Å². The fraction of sp³-hybridized carbons (Fsp3) is 0.194. The first-order valence-corrected chi connectivity index (χ1v) is 13.7. The highest BCUT2D eigenvalue weighted by Crippen LogP contribution is 2.45. The van der Waals surface area contributed by atoms with Crippen LogP contribution >= 0.6 is 11.3 Å². The van der Waals surface area contributed by atoms with E-state index >= 15 is 0 Å². The Morgan fingerprint density at radius 2 is 1.93 bits per heavy atom. The van der Waals surface area contributed by atoms with Crippen LogP contribution in [-0.4, -0.2) is 35.0 Å². The fourth-order valence-electron chi connectivity index (χ4n) is 5.11. The van der Waals surface area contributed by atoms with Crippen LogP contribution in [-0.2, 0) is 22.6 Å². The van der Waals surface area contributed by atoms with Crippen molar-refractivity contribution in [2.24, 2.45) is 0 Å². The summed E-state index contributed by atoms with van der Waals surface area (Å²) in [5, 5.41) is 13.6. The molecule has 2 atom stereocenters. The van der Waals surface area contributed by atoms with Gasteiger partial charge in [-0.3, -0.25) is 14.5 Å². The number of methoxy groups -OCH3 is 1. The number of ether oxygens (including phenoxy) is 3. The van der Waals surface area contributed by atoms with E-state index < -0.39 is 17.7 Å². The lowest BCUT2D eigenvalue weighted by atomic mass is 9.94. The minimum atomic E-state index is -0.924. The molecule has 1 aromatic heterocycles. The zero-order chi connectivity index (χ0) is 27.8. The molecule has 9 heteroatoms. The summed E-state index contributed by atoms with van der Waals surface area (Å²) in [7, 11) is 1.53. The van der Waals surface area contributed by atoms with Gasteiger partial charge in [0.15, 0.2) is 16.6 Å². The smallest absolute Gasteiger partial charge is 0.301 e. The quantitative estimate of drug-likeness (QED) is 0.178. The number of carbonyl (C=O) groups is 2. The van der Waals surface area contributed by atoms with E-state index in [4.69, 9.17) is 14.2 Å². The number of benzene rings is 3. The molecule has 202 valence electrons. The van der Waals surface area contributed by atoms with Gasteiger partial charge in [0.25, 0.3) is 5.78 Å². The van der Waals surface area contributed by atoms with Crippen LogP contribution in [0.5, 0.6) is 17.2 Å². The maximum atomic E-state index is 13.5. The van der Waals surface area contributed by atoms with Gasteiger partial charge in [-0.25, -0.2) is 4.98 Å². The molecule has 2 aliphatic rings. The van der Waals surface area contributed by atoms with E-state index in [1.54, 1.807) is 41.9 Å². The van der Waals surface area contributed by atoms with Gasteiger partial charge in [-0.15, -0.1) is 11.3 Å². The summed E-state index contributed by atoms with van der Waals surface area (Å²) in [6.07, 6.45) is 2.28. The minimum Gasteiger partial charge on any atom is -0.507 e. The van der Waals surface area contributed by atoms with Crippen molar-refractivity contribution in [3.05, 3.63) is 106 Å². The van der Waals surface area contributed by atoms with Gasteiger partial charge in [-0.05, 0) is 53.9 Å². The number of amides is 1. The van der Waals surface area contributed by atoms with Crippen LogP contribution in [0, 0.1) is 0 Å². The van der Waals surface area contributed by atoms with Crippen LogP contribution in [0.25, 0.3) is 5.76 Å². The number of hydrogen-bond acceptors (Lipinski definition) is 8. The molecule has 0 radical (unpaired) electrons. The number of carbonyl (C=O) groups excluding carboxylic acids is 2. The lowest BCUT2D eigenvalue weighted by Crippen LogP contribution is -2.29. The number of aliphatic hydroxyl groups excluding tert-OH is 1. The number of Topliss-reactive ketones (excluding diaryl/α,β-unsaturated/α-hetero) is 1. The second-order valence-electron chi connectivity index (χ2n) is 9.62. The normalized spacial score (nSPS) is 19.4. The molecule has 0 spiro atoms. The van der Waals surface area contributed by atoms with Crippen molar-refractivity contribution in [3.63, 3.8) is 0 Å². The Bertz CT molecular complexity index is 1620. The van der Waals surface area contributed by atoms with E-state index in [1.807, 2.05) is 43.3 Å². The third-order valence-electron chi connectivity index (χ3n) is 6.98. The summed E-state index contributed by atoms with van der Waals surface area (Å²) in [6.45, 7) is 2.31. The summed E-state index contributed by atoms with van der Waals surface area (Å²) >= 11 is 1.23. The van der Waals surface area contributed by atoms with E-state index in [-0.39, 0.29) is 17.4 Å². The summed E-state index contributed by atoms with van der Waals surface area (Å²) in [4.78, 5) is 32.5. The topological polar surface area (TPSA) is 98.2 Å². The predicted molar refractivity (Wildman–Crippen MR) is 151 cm³/mol. The molecule has 0 aliphatic carbocycles. The highest BCUT2D eigenvalue weighted by molar-refractivity contribution is 7.14. The van der Waals surface area contributed by atoms with Crippen LogP contribution in [0.4, 0.5) is 5.13 Å². The molecule has 0 saturated carbocycles. The average molecular weight is 555 g/mol. The van der Waals surface area contributed by atoms with E-state index in [0.29, 0.717) is 40.8 Å². The van der Waals surface area contributed by atoms with Crippen molar-refractivity contribution in [2.75, 3.05) is 12.0 Å². The van der Waals surface area contributed by atoms with Crippen molar-refractivity contribution >= 4 is 33.9 Å². The van der Waals surface area contributed by atoms with E-state index in [2.05, 4.69) is 4.98 Å². The Hall–Kier alpha value is -4.63. The van der Waals surface area contributed by atoms with Gasteiger partial charge >= 0.3 is 5.91 Å². The largest absolute Gasteiger partial charge is 0.507 e. The van der Waals surface area contributed by atoms with Crippen molar-refractivity contribution < 1.29 is 28.9 Å². The molecule has 6 rings (SSSR count). The summed E-state index contributed by atoms with van der Waals surface area (Å²) < 4.78 is 17.4. The maximum Gasteiger partial charge on any atom is 0.301 e. The fourth-order valence-corrected chi connectivity index (χ4v) is 5.78. The molecule has 3 heterocycles. The van der Waals surface area contributed by atoms with Crippen LogP contribution in [0.3, 0.4) is 0 Å². The molecular weight excluding hydrogens is 528 g/mol. The number of anilines is 1. The monoisotopic (exact) mass is 554 g/mol. The van der Waals surface area contributed by atoms with Gasteiger partial charge in [0.2, 0.25) is 0 Å². The molecule has 3 aromatic carbocycles. The lowest BCUT2D eigenvalue weighted by Gasteiger charge is -2.24. The van der Waals surface area contributed by atoms with Crippen molar-refractivity contribution in [1.29, 1.82) is 0 Å². The number of thiazole rings is 1. The molecule has 4 aromatic rings. The van der Waals surface area contributed by atoms with E-state index in [9.17, 15) is 14.7 Å². The van der Waals surface area contributed by atoms with Crippen molar-refractivity contribution in [2.45, 2.75) is 32.1 Å². The SMILES string of the molecule is COc1cc([C@H]2C(=C(O)c3ccc4c(c3)C[C@@H](C)O4)C(=O)C(=O)N2c2nccs2)ccc1OCc1ccccc1. The first-order chi connectivity index (χ1) is 19.4. The Morgan fingerprint density at radius 3 is 2.67 bits per heavy atom. The molecule has 1 fully saturated rings. The van der Waals surface area contributed by atoms with Crippen molar-refractivity contribution in [3.8, 4) is 17.2 Å². The number of hydrogen-bond donors (Lipinski definition) is 1. The maximum absolute atomic E-state index is 13.5. The number of nitrogens with zero attached hydrogens (tertiary/aromatic N) is 2. The average Bonchev–Trinajstić information content (AvgIpc) is 3.69. The molecule has 8 nitrogen and oxygen atoms in total. The predicted octanol–water partition coefficient (Wildman–Crippen LogP) is 5.68. The Balaban J connectivity index is 1.43. The number of aromatic nitrogens is 1. The highest BCUT2D eigenvalue weighted by atomic mass is 32.1. The van der Waals surface area contributed by atoms with E-state index in [0.717, 1.165) is 16.9 Å². The molecule has 1 N–H and O–H groups in total. The first-order valence-electron chi connectivity index (χ1n) is 12.8. The molecule has 40 heavy (non-hydrogen) atoms. The van der Waals surface area contributed by atoms with Gasteiger partial charge in [-0.2, -0.15) is 0 Å². The minimum absolute atomic E-state index is 0.0212. The summed E-state index contributed by atoms with van der Waals surface area (Å²) in [6, 6.07) is 19.3. The summed E-state index contributed by atoms with van der Waals surface area (Å²) in [5.41, 5.74) is 2.92. The van der Waals surface area contributed by atoms with Crippen LogP contribution in [0.1, 0.15) is 35.2 Å². The van der Waals surface area contributed by atoms with Crippen LogP contribution in [0.15, 0.2) is 83.9 Å². The number of rotatable bonds is 7. The van der Waals surface area contributed by atoms with Crippen LogP contribution in [0.2, 0.25) is 0 Å². The molecule has 2 aliphatic heterocycles. The Labute approximate surface area is 235 Å². The van der Waals surface area contributed by atoms with Gasteiger partial charge in [0.05, 0.1) is 18.7 Å². The van der Waals surface area contributed by atoms with Gasteiger partial charge in [-0.1, -0.05) is 36.4 Å². The Kier molecular flexibility index (Phi) is 6.73. The number of aliphatic hydroxyl groups is 1. The molecule has 1 amide bonds. The van der Waals surface area contributed by atoms with Gasteiger partial charge in [0.1, 0.15) is 24.2 Å². The zero-order valence-corrected chi connectivity index (χ0v) is 22.7. The Morgan fingerprint density at radius 1 is 1.10 bits per heavy atom. The highest BCUT2D eigenvalue weighted by Gasteiger charge is 2.48. The molecule has 1 saturated heterocycles. The lowest BCUT2D eigenvalue weighted by molar-refractivity contribution is -0.132. The number of fused-ring (bicyclic) bond motifs is 1. The standard InChI is InChI=1S/C31H26N2O6S/c1-18-14-22-15-21(9-10-23(22)39-18)28(34)26-27(33(30(36)29(26)35)31-32-12-13-40-31)20-8-11-24(25(16-20)37-2)38-17-19-6-4-3-5-7-19/h3-13,15-16,18,27,34H,14,17H2,1-2H3/t18-,27+/m1/s1.